The zero-order chi connectivity index (χ0) is 13.8. The van der Waals surface area contributed by atoms with Gasteiger partial charge in [-0.1, -0.05) is 12.1 Å². The van der Waals surface area contributed by atoms with E-state index in [2.05, 4.69) is 26.2 Å². The molecule has 1 unspecified atom stereocenters. The molecule has 1 heterocycles. The lowest BCUT2D eigenvalue weighted by atomic mass is 9.98. The molecule has 0 aliphatic heterocycles. The zero-order valence-electron chi connectivity index (χ0n) is 10.7. The van der Waals surface area contributed by atoms with E-state index < -0.39 is 0 Å². The molecule has 0 aliphatic carbocycles. The number of nitrogens with one attached hydrogen (secondary N) is 1. The van der Waals surface area contributed by atoms with Crippen molar-refractivity contribution in [1.82, 2.24) is 10.3 Å². The second-order valence-electron chi connectivity index (χ2n) is 3.98. The summed E-state index contributed by atoms with van der Waals surface area (Å²) in [5.41, 5.74) is 1.40. The second kappa shape index (κ2) is 6.12. The second-order valence-corrected chi connectivity index (χ2v) is 4.84. The minimum Gasteiger partial charge on any atom is -0.495 e. The first-order chi connectivity index (χ1) is 9.19. The van der Waals surface area contributed by atoms with E-state index in [0.717, 1.165) is 5.56 Å². The number of hydrogen-bond donors (Lipinski definition) is 1. The molecule has 100 valence electrons. The summed E-state index contributed by atoms with van der Waals surface area (Å²) >= 11 is 3.21. The average molecular weight is 325 g/mol. The molecule has 1 aromatic heterocycles. The van der Waals surface area contributed by atoms with E-state index in [1.807, 2.05) is 6.07 Å². The fraction of sp³-hybridized carbons (Fsp3) is 0.214. The summed E-state index contributed by atoms with van der Waals surface area (Å²) in [6, 6.07) is 6.76. The zero-order valence-corrected chi connectivity index (χ0v) is 12.2. The SMILES string of the molecule is CNC(c1ccncc1OC)c1cccc(Br)c1F. The third-order valence-corrected chi connectivity index (χ3v) is 3.54. The van der Waals surface area contributed by atoms with Crippen LogP contribution in [0.5, 0.6) is 5.75 Å². The lowest BCUT2D eigenvalue weighted by Crippen LogP contribution is -2.20. The first-order valence-corrected chi connectivity index (χ1v) is 6.57. The Hall–Kier alpha value is -1.46. The minimum absolute atomic E-state index is 0.277. The monoisotopic (exact) mass is 324 g/mol. The van der Waals surface area contributed by atoms with Gasteiger partial charge in [0.15, 0.2) is 0 Å². The smallest absolute Gasteiger partial charge is 0.142 e. The molecule has 0 bridgehead atoms. The number of ether oxygens (including phenoxy) is 1. The van der Waals surface area contributed by atoms with Crippen LogP contribution in [0.3, 0.4) is 0 Å². The van der Waals surface area contributed by atoms with Crippen LogP contribution in [-0.2, 0) is 0 Å². The summed E-state index contributed by atoms with van der Waals surface area (Å²) in [7, 11) is 3.36. The van der Waals surface area contributed by atoms with Gasteiger partial charge in [-0.25, -0.2) is 4.39 Å². The highest BCUT2D eigenvalue weighted by Gasteiger charge is 2.20. The standard InChI is InChI=1S/C14H14BrFN2O/c1-17-14(9-6-7-18-8-12(9)19-2)10-4-3-5-11(15)13(10)16/h3-8,14,17H,1-2H3. The fourth-order valence-corrected chi connectivity index (χ4v) is 2.40. The molecule has 0 saturated heterocycles. The van der Waals surface area contributed by atoms with Gasteiger partial charge < -0.3 is 10.1 Å². The van der Waals surface area contributed by atoms with Crippen molar-refractivity contribution < 1.29 is 9.13 Å². The van der Waals surface area contributed by atoms with Crippen LogP contribution in [0, 0.1) is 5.82 Å². The van der Waals surface area contributed by atoms with E-state index in [4.69, 9.17) is 4.74 Å². The first kappa shape index (κ1) is 14.0. The van der Waals surface area contributed by atoms with Gasteiger partial charge in [-0.15, -0.1) is 0 Å². The number of halogens is 2. The molecule has 0 fully saturated rings. The van der Waals surface area contributed by atoms with Crippen molar-refractivity contribution in [2.45, 2.75) is 6.04 Å². The lowest BCUT2D eigenvalue weighted by Gasteiger charge is -2.20. The summed E-state index contributed by atoms with van der Waals surface area (Å²) < 4.78 is 19.9. The van der Waals surface area contributed by atoms with Crippen molar-refractivity contribution in [3.05, 3.63) is 58.1 Å². The molecular weight excluding hydrogens is 311 g/mol. The van der Waals surface area contributed by atoms with E-state index in [0.29, 0.717) is 15.8 Å². The predicted molar refractivity (Wildman–Crippen MR) is 75.8 cm³/mol. The van der Waals surface area contributed by atoms with Crippen LogP contribution in [0.4, 0.5) is 4.39 Å². The summed E-state index contributed by atoms with van der Waals surface area (Å²) in [6.07, 6.45) is 3.29. The van der Waals surface area contributed by atoms with E-state index >= 15 is 0 Å². The van der Waals surface area contributed by atoms with Crippen LogP contribution in [0.2, 0.25) is 0 Å². The molecule has 0 amide bonds. The highest BCUT2D eigenvalue weighted by Crippen LogP contribution is 2.32. The molecule has 2 rings (SSSR count). The minimum atomic E-state index is -0.296. The Bertz CT molecular complexity index is 577. The quantitative estimate of drug-likeness (QED) is 0.937. The van der Waals surface area contributed by atoms with Crippen LogP contribution in [-0.4, -0.2) is 19.1 Å². The average Bonchev–Trinajstić information content (AvgIpc) is 2.45. The summed E-state index contributed by atoms with van der Waals surface area (Å²) in [5, 5.41) is 3.11. The van der Waals surface area contributed by atoms with Crippen molar-refractivity contribution in [3.63, 3.8) is 0 Å². The number of hydrogen-bond acceptors (Lipinski definition) is 3. The van der Waals surface area contributed by atoms with Gasteiger partial charge in [0, 0.05) is 17.3 Å². The topological polar surface area (TPSA) is 34.2 Å². The van der Waals surface area contributed by atoms with Crippen LogP contribution < -0.4 is 10.1 Å². The summed E-state index contributed by atoms with van der Waals surface area (Å²) in [6.45, 7) is 0. The molecule has 1 aromatic carbocycles. The molecule has 1 atom stereocenters. The molecular formula is C14H14BrFN2O. The highest BCUT2D eigenvalue weighted by atomic mass is 79.9. The molecule has 3 nitrogen and oxygen atoms in total. The molecule has 0 aliphatic rings. The highest BCUT2D eigenvalue weighted by molar-refractivity contribution is 9.10. The molecule has 0 spiro atoms. The largest absolute Gasteiger partial charge is 0.495 e. The third kappa shape index (κ3) is 2.77. The van der Waals surface area contributed by atoms with Gasteiger partial charge in [0.1, 0.15) is 11.6 Å². The van der Waals surface area contributed by atoms with Crippen LogP contribution in [0.25, 0.3) is 0 Å². The maximum Gasteiger partial charge on any atom is 0.142 e. The molecule has 19 heavy (non-hydrogen) atoms. The van der Waals surface area contributed by atoms with Crippen molar-refractivity contribution in [2.24, 2.45) is 0 Å². The molecule has 0 radical (unpaired) electrons. The van der Waals surface area contributed by atoms with E-state index in [1.54, 1.807) is 44.8 Å². The Kier molecular flexibility index (Phi) is 4.50. The molecule has 1 N–H and O–H groups in total. The Balaban J connectivity index is 2.53. The van der Waals surface area contributed by atoms with Crippen molar-refractivity contribution in [1.29, 1.82) is 0 Å². The van der Waals surface area contributed by atoms with Gasteiger partial charge in [-0.05, 0) is 35.1 Å². The van der Waals surface area contributed by atoms with Crippen LogP contribution in [0.15, 0.2) is 41.1 Å². The maximum absolute atomic E-state index is 14.2. The Morgan fingerprint density at radius 1 is 1.32 bits per heavy atom. The summed E-state index contributed by atoms with van der Waals surface area (Å²) in [4.78, 5) is 4.01. The van der Waals surface area contributed by atoms with Crippen LogP contribution in [0.1, 0.15) is 17.2 Å². The van der Waals surface area contributed by atoms with Crippen molar-refractivity contribution >= 4 is 15.9 Å². The number of pyridine rings is 1. The normalized spacial score (nSPS) is 12.2. The Morgan fingerprint density at radius 2 is 2.11 bits per heavy atom. The van der Waals surface area contributed by atoms with E-state index in [-0.39, 0.29) is 11.9 Å². The molecule has 0 saturated carbocycles. The Labute approximate surface area is 119 Å². The fourth-order valence-electron chi connectivity index (χ4n) is 2.02. The van der Waals surface area contributed by atoms with Gasteiger partial charge >= 0.3 is 0 Å². The van der Waals surface area contributed by atoms with Crippen molar-refractivity contribution in [2.75, 3.05) is 14.2 Å². The van der Waals surface area contributed by atoms with Gasteiger partial charge in [0.2, 0.25) is 0 Å². The number of benzene rings is 1. The third-order valence-electron chi connectivity index (χ3n) is 2.93. The number of methoxy groups -OCH3 is 1. The van der Waals surface area contributed by atoms with E-state index in [1.165, 1.54) is 0 Å². The van der Waals surface area contributed by atoms with Gasteiger partial charge in [0.25, 0.3) is 0 Å². The van der Waals surface area contributed by atoms with Crippen LogP contribution >= 0.6 is 15.9 Å². The first-order valence-electron chi connectivity index (χ1n) is 5.78. The maximum atomic E-state index is 14.2. The van der Waals surface area contributed by atoms with Crippen molar-refractivity contribution in [3.8, 4) is 5.75 Å². The summed E-state index contributed by atoms with van der Waals surface area (Å²) in [5.74, 6) is 0.349. The number of aromatic nitrogens is 1. The van der Waals surface area contributed by atoms with Gasteiger partial charge in [-0.3, -0.25) is 4.98 Å². The van der Waals surface area contributed by atoms with E-state index in [9.17, 15) is 4.39 Å². The number of nitrogens with zero attached hydrogens (tertiary/aromatic N) is 1. The number of rotatable bonds is 4. The lowest BCUT2D eigenvalue weighted by molar-refractivity contribution is 0.402. The Morgan fingerprint density at radius 3 is 2.79 bits per heavy atom. The molecule has 2 aromatic rings. The molecule has 5 heteroatoms. The van der Waals surface area contributed by atoms with Gasteiger partial charge in [0.05, 0.1) is 23.8 Å². The predicted octanol–water partition coefficient (Wildman–Crippen LogP) is 3.30. The van der Waals surface area contributed by atoms with Gasteiger partial charge in [-0.2, -0.15) is 0 Å².